The number of nitrogens with zero attached hydrogens (tertiary/aromatic N) is 3. The Morgan fingerprint density at radius 3 is 2.32 bits per heavy atom. The Labute approximate surface area is 199 Å². The number of ether oxygens (including phenoxy) is 3. The van der Waals surface area contributed by atoms with Gasteiger partial charge in [-0.2, -0.15) is 0 Å². The van der Waals surface area contributed by atoms with Gasteiger partial charge in [0.2, 0.25) is 0 Å². The topological polar surface area (TPSA) is 91.8 Å². The van der Waals surface area contributed by atoms with E-state index in [2.05, 4.69) is 11.1 Å². The first-order chi connectivity index (χ1) is 16.5. The van der Waals surface area contributed by atoms with Gasteiger partial charge >= 0.3 is 0 Å². The van der Waals surface area contributed by atoms with Crippen molar-refractivity contribution in [2.45, 2.75) is 37.7 Å². The molecule has 2 fully saturated rings. The van der Waals surface area contributed by atoms with Gasteiger partial charge in [-0.25, -0.2) is 4.98 Å². The third kappa shape index (κ3) is 4.66. The minimum absolute atomic E-state index is 0.101. The maximum absolute atomic E-state index is 13.1. The zero-order chi connectivity index (χ0) is 23.7. The van der Waals surface area contributed by atoms with Crippen molar-refractivity contribution in [2.24, 2.45) is 7.05 Å². The highest BCUT2D eigenvalue weighted by atomic mass is 16.5. The van der Waals surface area contributed by atoms with Crippen LogP contribution < -0.4 is 19.9 Å². The first-order valence-corrected chi connectivity index (χ1v) is 11.7. The van der Waals surface area contributed by atoms with Crippen molar-refractivity contribution < 1.29 is 19.0 Å². The lowest BCUT2D eigenvalue weighted by Crippen LogP contribution is -2.38. The van der Waals surface area contributed by atoms with Gasteiger partial charge in [0, 0.05) is 37.8 Å². The van der Waals surface area contributed by atoms with Gasteiger partial charge in [-0.3, -0.25) is 4.79 Å². The second-order valence-corrected chi connectivity index (χ2v) is 8.92. The van der Waals surface area contributed by atoms with Crippen molar-refractivity contribution in [2.75, 3.05) is 25.9 Å². The molecule has 8 nitrogen and oxygen atoms in total. The van der Waals surface area contributed by atoms with Crippen molar-refractivity contribution in [1.29, 1.82) is 0 Å². The smallest absolute Gasteiger partial charge is 0.272 e. The summed E-state index contributed by atoms with van der Waals surface area (Å²) in [7, 11) is 3.54. The van der Waals surface area contributed by atoms with E-state index in [4.69, 9.17) is 19.9 Å². The normalized spacial score (nSPS) is 16.4. The van der Waals surface area contributed by atoms with Crippen LogP contribution in [0.3, 0.4) is 0 Å². The summed E-state index contributed by atoms with van der Waals surface area (Å²) < 4.78 is 19.2. The van der Waals surface area contributed by atoms with Gasteiger partial charge in [-0.15, -0.1) is 0 Å². The van der Waals surface area contributed by atoms with Crippen LogP contribution in [0.2, 0.25) is 0 Å². The van der Waals surface area contributed by atoms with E-state index in [1.54, 1.807) is 19.4 Å². The Morgan fingerprint density at radius 1 is 1.00 bits per heavy atom. The number of piperidine rings is 1. The Morgan fingerprint density at radius 2 is 1.71 bits per heavy atom. The van der Waals surface area contributed by atoms with Gasteiger partial charge in [0.25, 0.3) is 5.91 Å². The number of rotatable bonds is 7. The zero-order valence-corrected chi connectivity index (χ0v) is 19.6. The molecule has 2 aliphatic rings. The van der Waals surface area contributed by atoms with E-state index in [-0.39, 0.29) is 5.91 Å². The van der Waals surface area contributed by atoms with Crippen molar-refractivity contribution in [1.82, 2.24) is 14.5 Å². The standard InChI is InChI=1S/C26H30N4O4/c1-29-22(9-10-25(29)27)17-11-13-30(14-12-17)26(31)21-15-23(32-2)24(16-28-21)34-20-7-5-19(6-8-20)33-18-3-4-18/h5-10,15-18H,3-4,11-14,27H2,1-2H3. The fraction of sp³-hybridized carbons (Fsp3) is 0.385. The lowest BCUT2D eigenvalue weighted by Gasteiger charge is -2.32. The molecule has 34 heavy (non-hydrogen) atoms. The summed E-state index contributed by atoms with van der Waals surface area (Å²) in [6.07, 6.45) is 5.91. The Hall–Kier alpha value is -3.68. The quantitative estimate of drug-likeness (QED) is 0.561. The molecule has 1 saturated heterocycles. The monoisotopic (exact) mass is 462 g/mol. The van der Waals surface area contributed by atoms with Gasteiger partial charge in [-0.05, 0) is 62.1 Å². The van der Waals surface area contributed by atoms with Crippen LogP contribution in [0.5, 0.6) is 23.0 Å². The highest BCUT2D eigenvalue weighted by molar-refractivity contribution is 5.93. The number of anilines is 1. The number of benzene rings is 1. The first-order valence-electron chi connectivity index (χ1n) is 11.7. The summed E-state index contributed by atoms with van der Waals surface area (Å²) >= 11 is 0. The highest BCUT2D eigenvalue weighted by Crippen LogP contribution is 2.34. The molecule has 1 aliphatic heterocycles. The van der Waals surface area contributed by atoms with Crippen LogP contribution in [0.25, 0.3) is 0 Å². The molecule has 0 bridgehead atoms. The Bertz CT molecular complexity index is 1160. The number of carbonyl (C=O) groups excluding carboxylic acids is 1. The fourth-order valence-corrected chi connectivity index (χ4v) is 4.36. The number of amides is 1. The summed E-state index contributed by atoms with van der Waals surface area (Å²) in [4.78, 5) is 19.3. The van der Waals surface area contributed by atoms with Crippen LogP contribution in [-0.4, -0.2) is 46.7 Å². The number of carbonyl (C=O) groups is 1. The summed E-state index contributed by atoms with van der Waals surface area (Å²) in [6.45, 7) is 1.35. The van der Waals surface area contributed by atoms with E-state index in [1.165, 1.54) is 5.69 Å². The molecule has 2 N–H and O–H groups in total. The van der Waals surface area contributed by atoms with E-state index in [9.17, 15) is 4.79 Å². The minimum Gasteiger partial charge on any atom is -0.493 e. The van der Waals surface area contributed by atoms with Crippen LogP contribution in [0.15, 0.2) is 48.7 Å². The van der Waals surface area contributed by atoms with E-state index in [0.29, 0.717) is 48.1 Å². The maximum Gasteiger partial charge on any atom is 0.272 e. The maximum atomic E-state index is 13.1. The molecular formula is C26H30N4O4. The zero-order valence-electron chi connectivity index (χ0n) is 19.6. The number of likely N-dealkylation sites (tertiary alicyclic amines) is 1. The number of pyridine rings is 1. The fourth-order valence-electron chi connectivity index (χ4n) is 4.36. The summed E-state index contributed by atoms with van der Waals surface area (Å²) in [5.41, 5.74) is 7.54. The summed E-state index contributed by atoms with van der Waals surface area (Å²) in [6, 6.07) is 13.1. The van der Waals surface area contributed by atoms with Crippen LogP contribution in [0.1, 0.15) is 47.8 Å². The molecule has 2 aromatic heterocycles. The molecular weight excluding hydrogens is 432 g/mol. The van der Waals surface area contributed by atoms with Crippen molar-refractivity contribution in [3.05, 3.63) is 60.0 Å². The Kier molecular flexibility index (Phi) is 6.04. The van der Waals surface area contributed by atoms with Crippen LogP contribution in [0.4, 0.5) is 5.82 Å². The number of nitrogen functional groups attached to an aromatic ring is 1. The van der Waals surface area contributed by atoms with E-state index >= 15 is 0 Å². The molecule has 8 heteroatoms. The first kappa shape index (κ1) is 22.1. The number of methoxy groups -OCH3 is 1. The molecule has 0 unspecified atom stereocenters. The van der Waals surface area contributed by atoms with Gasteiger partial charge in [0.15, 0.2) is 11.5 Å². The van der Waals surface area contributed by atoms with Gasteiger partial charge in [0.1, 0.15) is 23.0 Å². The van der Waals surface area contributed by atoms with Crippen LogP contribution in [0, 0.1) is 0 Å². The van der Waals surface area contributed by atoms with Crippen molar-refractivity contribution >= 4 is 11.7 Å². The minimum atomic E-state index is -0.101. The SMILES string of the molecule is COc1cc(C(=O)N2CCC(c3ccc(N)n3C)CC2)ncc1Oc1ccc(OC2CC2)cc1. The molecule has 1 saturated carbocycles. The number of hydrogen-bond donors (Lipinski definition) is 1. The van der Waals surface area contributed by atoms with E-state index in [1.807, 2.05) is 46.8 Å². The second kappa shape index (κ2) is 9.29. The van der Waals surface area contributed by atoms with Crippen LogP contribution >= 0.6 is 0 Å². The number of nitrogens with two attached hydrogens (primary N) is 1. The number of hydrogen-bond acceptors (Lipinski definition) is 6. The largest absolute Gasteiger partial charge is 0.493 e. The van der Waals surface area contributed by atoms with Gasteiger partial charge in [-0.1, -0.05) is 0 Å². The predicted octanol–water partition coefficient (Wildman–Crippen LogP) is 4.36. The predicted molar refractivity (Wildman–Crippen MR) is 129 cm³/mol. The molecule has 0 atom stereocenters. The average Bonchev–Trinajstić information content (AvgIpc) is 3.63. The third-order valence-electron chi connectivity index (χ3n) is 6.55. The van der Waals surface area contributed by atoms with Crippen molar-refractivity contribution in [3.8, 4) is 23.0 Å². The molecule has 3 aromatic rings. The lowest BCUT2D eigenvalue weighted by atomic mass is 9.93. The lowest BCUT2D eigenvalue weighted by molar-refractivity contribution is 0.0705. The highest BCUT2D eigenvalue weighted by Gasteiger charge is 2.27. The van der Waals surface area contributed by atoms with Gasteiger partial charge < -0.3 is 29.4 Å². The molecule has 0 spiro atoms. The molecule has 1 aromatic carbocycles. The van der Waals surface area contributed by atoms with Gasteiger partial charge in [0.05, 0.1) is 19.4 Å². The molecule has 0 radical (unpaired) electrons. The van der Waals surface area contributed by atoms with Crippen LogP contribution in [-0.2, 0) is 7.05 Å². The molecule has 3 heterocycles. The second-order valence-electron chi connectivity index (χ2n) is 8.92. The van der Waals surface area contributed by atoms with E-state index in [0.717, 1.165) is 37.3 Å². The molecule has 1 aliphatic carbocycles. The average molecular weight is 463 g/mol. The van der Waals surface area contributed by atoms with Crippen molar-refractivity contribution in [3.63, 3.8) is 0 Å². The Balaban J connectivity index is 1.22. The summed E-state index contributed by atoms with van der Waals surface area (Å²) in [5, 5.41) is 0. The number of aromatic nitrogens is 2. The third-order valence-corrected chi connectivity index (χ3v) is 6.55. The summed E-state index contributed by atoms with van der Waals surface area (Å²) in [5.74, 6) is 3.45. The molecule has 5 rings (SSSR count). The molecule has 178 valence electrons. The van der Waals surface area contributed by atoms with E-state index < -0.39 is 0 Å². The molecule has 1 amide bonds.